The van der Waals surface area contributed by atoms with Crippen LogP contribution in [0.2, 0.25) is 0 Å². The number of likely N-dealkylation sites (tertiary alicyclic amines) is 1. The highest BCUT2D eigenvalue weighted by molar-refractivity contribution is 5.79. The largest absolute Gasteiger partial charge is 0.468 e. The summed E-state index contributed by atoms with van der Waals surface area (Å²) in [6.45, 7) is 4.92. The van der Waals surface area contributed by atoms with E-state index in [1.165, 1.54) is 18.9 Å². The van der Waals surface area contributed by atoms with Crippen molar-refractivity contribution in [2.75, 3.05) is 46.4 Å². The van der Waals surface area contributed by atoms with Gasteiger partial charge in [-0.25, -0.2) is 4.39 Å². The number of guanidine groups is 1. The van der Waals surface area contributed by atoms with Crippen LogP contribution < -0.4 is 10.6 Å². The molecule has 4 rings (SSSR count). The third kappa shape index (κ3) is 5.28. The van der Waals surface area contributed by atoms with Gasteiger partial charge in [0, 0.05) is 38.8 Å². The minimum atomic E-state index is -0.197. The van der Waals surface area contributed by atoms with Crippen molar-refractivity contribution in [2.45, 2.75) is 37.1 Å². The second-order valence-electron chi connectivity index (χ2n) is 8.48. The highest BCUT2D eigenvalue weighted by atomic mass is 19.1. The van der Waals surface area contributed by atoms with Crippen LogP contribution in [0.25, 0.3) is 0 Å². The zero-order valence-electron chi connectivity index (χ0n) is 18.3. The molecule has 0 bridgehead atoms. The number of nitrogens with zero attached hydrogens (tertiary/aromatic N) is 2. The summed E-state index contributed by atoms with van der Waals surface area (Å²) < 4.78 is 25.3. The summed E-state index contributed by atoms with van der Waals surface area (Å²) in [7, 11) is 1.78. The van der Waals surface area contributed by atoms with Crippen LogP contribution in [0.1, 0.15) is 43.0 Å². The van der Waals surface area contributed by atoms with Crippen LogP contribution in [-0.4, -0.2) is 57.3 Å². The number of benzene rings is 1. The van der Waals surface area contributed by atoms with Crippen LogP contribution in [0.5, 0.6) is 0 Å². The summed E-state index contributed by atoms with van der Waals surface area (Å²) in [5.74, 6) is 1.53. The van der Waals surface area contributed by atoms with Crippen LogP contribution in [0, 0.1) is 5.82 Å². The molecule has 6 nitrogen and oxygen atoms in total. The third-order valence-electron chi connectivity index (χ3n) is 6.62. The lowest BCUT2D eigenvalue weighted by atomic mass is 9.74. The highest BCUT2D eigenvalue weighted by Crippen LogP contribution is 2.34. The third-order valence-corrected chi connectivity index (χ3v) is 6.62. The van der Waals surface area contributed by atoms with Gasteiger partial charge in [0.25, 0.3) is 0 Å². The van der Waals surface area contributed by atoms with Crippen LogP contribution >= 0.6 is 0 Å². The van der Waals surface area contributed by atoms with E-state index in [1.54, 1.807) is 25.4 Å². The maximum atomic E-state index is 13.9. The first-order chi connectivity index (χ1) is 15.2. The van der Waals surface area contributed by atoms with Gasteiger partial charge < -0.3 is 19.8 Å². The lowest BCUT2D eigenvalue weighted by molar-refractivity contribution is 0.0512. The number of ether oxygens (including phenoxy) is 1. The van der Waals surface area contributed by atoms with E-state index < -0.39 is 0 Å². The molecule has 0 spiro atoms. The lowest BCUT2D eigenvalue weighted by Crippen LogP contribution is -2.49. The van der Waals surface area contributed by atoms with Crippen LogP contribution in [0.3, 0.4) is 0 Å². The molecule has 0 saturated carbocycles. The Balaban J connectivity index is 1.42. The molecule has 2 saturated heterocycles. The molecule has 1 atom stereocenters. The van der Waals surface area contributed by atoms with E-state index in [-0.39, 0.29) is 17.3 Å². The van der Waals surface area contributed by atoms with Gasteiger partial charge in [0.05, 0.1) is 12.3 Å². The van der Waals surface area contributed by atoms with Gasteiger partial charge in [0.1, 0.15) is 11.6 Å². The van der Waals surface area contributed by atoms with Gasteiger partial charge in [-0.2, -0.15) is 0 Å². The Bertz CT molecular complexity index is 843. The predicted molar refractivity (Wildman–Crippen MR) is 120 cm³/mol. The number of furan rings is 1. The maximum absolute atomic E-state index is 13.9. The molecule has 168 valence electrons. The topological polar surface area (TPSA) is 62.0 Å². The number of hydrogen-bond acceptors (Lipinski definition) is 4. The molecule has 1 aromatic carbocycles. The fourth-order valence-corrected chi connectivity index (χ4v) is 4.76. The molecule has 0 aliphatic carbocycles. The summed E-state index contributed by atoms with van der Waals surface area (Å²) in [5, 5.41) is 6.99. The molecule has 7 heteroatoms. The van der Waals surface area contributed by atoms with E-state index in [9.17, 15) is 4.39 Å². The first kappa shape index (κ1) is 21.8. The molecule has 2 aliphatic rings. The van der Waals surface area contributed by atoms with Crippen molar-refractivity contribution in [1.29, 1.82) is 0 Å². The van der Waals surface area contributed by atoms with E-state index in [4.69, 9.17) is 9.15 Å². The Morgan fingerprint density at radius 2 is 1.97 bits per heavy atom. The van der Waals surface area contributed by atoms with E-state index in [1.807, 2.05) is 18.2 Å². The van der Waals surface area contributed by atoms with Crippen molar-refractivity contribution in [1.82, 2.24) is 15.5 Å². The van der Waals surface area contributed by atoms with Crippen molar-refractivity contribution >= 4 is 5.96 Å². The number of halogens is 1. The van der Waals surface area contributed by atoms with Crippen molar-refractivity contribution < 1.29 is 13.5 Å². The summed E-state index contributed by atoms with van der Waals surface area (Å²) in [6, 6.07) is 11.1. The molecule has 1 unspecified atom stereocenters. The van der Waals surface area contributed by atoms with Gasteiger partial charge in [-0.05, 0) is 68.6 Å². The van der Waals surface area contributed by atoms with E-state index in [0.717, 1.165) is 43.2 Å². The molecular weight excluding hydrogens is 395 g/mol. The molecule has 2 aromatic rings. The Hall–Kier alpha value is -2.38. The second kappa shape index (κ2) is 10.3. The number of rotatable bonds is 7. The molecular formula is C24H33FN4O2. The van der Waals surface area contributed by atoms with Gasteiger partial charge >= 0.3 is 0 Å². The minimum absolute atomic E-state index is 0.173. The molecule has 2 N–H and O–H groups in total. The fraction of sp³-hybridized carbons (Fsp3) is 0.542. The van der Waals surface area contributed by atoms with Crippen molar-refractivity contribution in [3.63, 3.8) is 0 Å². The second-order valence-corrected chi connectivity index (χ2v) is 8.48. The van der Waals surface area contributed by atoms with Crippen molar-refractivity contribution in [3.05, 3.63) is 59.8 Å². The van der Waals surface area contributed by atoms with Crippen LogP contribution in [-0.2, 0) is 10.2 Å². The summed E-state index contributed by atoms with van der Waals surface area (Å²) in [6.07, 6.45) is 5.89. The van der Waals surface area contributed by atoms with Gasteiger partial charge in [-0.1, -0.05) is 12.1 Å². The number of aliphatic imine (C=N–C) groups is 1. The Morgan fingerprint density at radius 3 is 2.65 bits per heavy atom. The zero-order valence-corrected chi connectivity index (χ0v) is 18.3. The van der Waals surface area contributed by atoms with E-state index in [0.29, 0.717) is 26.3 Å². The Labute approximate surface area is 183 Å². The average molecular weight is 429 g/mol. The van der Waals surface area contributed by atoms with Gasteiger partial charge in [0.15, 0.2) is 5.96 Å². The molecule has 3 heterocycles. The number of hydrogen-bond donors (Lipinski definition) is 2. The zero-order chi connectivity index (χ0) is 21.5. The van der Waals surface area contributed by atoms with Gasteiger partial charge in [-0.3, -0.25) is 9.89 Å². The lowest BCUT2D eigenvalue weighted by Gasteiger charge is -2.38. The monoisotopic (exact) mass is 428 g/mol. The quantitative estimate of drug-likeness (QED) is 0.522. The predicted octanol–water partition coefficient (Wildman–Crippen LogP) is 3.47. The first-order valence-electron chi connectivity index (χ1n) is 11.3. The van der Waals surface area contributed by atoms with E-state index >= 15 is 0 Å². The Kier molecular flexibility index (Phi) is 7.25. The normalized spacial score (nSPS) is 20.5. The first-order valence-corrected chi connectivity index (χ1v) is 11.3. The number of nitrogens with one attached hydrogen (secondary N) is 2. The fourth-order valence-electron chi connectivity index (χ4n) is 4.76. The van der Waals surface area contributed by atoms with Crippen molar-refractivity contribution in [3.8, 4) is 0 Å². The minimum Gasteiger partial charge on any atom is -0.468 e. The average Bonchev–Trinajstić information content (AvgIpc) is 3.52. The van der Waals surface area contributed by atoms with Crippen LogP contribution in [0.4, 0.5) is 4.39 Å². The molecule has 31 heavy (non-hydrogen) atoms. The smallest absolute Gasteiger partial charge is 0.191 e. The SMILES string of the molecule is CN=C(NCC(c1ccco1)N1CCCC1)NCC1(c2cccc(F)c2)CCOCC1. The molecule has 0 radical (unpaired) electrons. The Morgan fingerprint density at radius 1 is 1.16 bits per heavy atom. The standard InChI is InChI=1S/C24H33FN4O2/c1-26-23(27-17-21(22-8-5-13-31-22)29-11-2-3-12-29)28-18-24(9-14-30-15-10-24)19-6-4-7-20(25)16-19/h4-8,13,16,21H,2-3,9-12,14-15,17-18H2,1H3,(H2,26,27,28). The van der Waals surface area contributed by atoms with Crippen LogP contribution in [0.15, 0.2) is 52.1 Å². The highest BCUT2D eigenvalue weighted by Gasteiger charge is 2.35. The van der Waals surface area contributed by atoms with Gasteiger partial charge in [0.2, 0.25) is 0 Å². The molecule has 0 amide bonds. The molecule has 2 aliphatic heterocycles. The molecule has 2 fully saturated rings. The van der Waals surface area contributed by atoms with Crippen molar-refractivity contribution in [2.24, 2.45) is 4.99 Å². The molecule has 1 aromatic heterocycles. The maximum Gasteiger partial charge on any atom is 0.191 e. The summed E-state index contributed by atoms with van der Waals surface area (Å²) >= 11 is 0. The summed E-state index contributed by atoms with van der Waals surface area (Å²) in [4.78, 5) is 6.90. The van der Waals surface area contributed by atoms with Gasteiger partial charge in [-0.15, -0.1) is 0 Å². The summed E-state index contributed by atoms with van der Waals surface area (Å²) in [5.41, 5.74) is 0.845. The van der Waals surface area contributed by atoms with E-state index in [2.05, 4.69) is 20.5 Å².